The second-order valence-corrected chi connectivity index (χ2v) is 5.31. The van der Waals surface area contributed by atoms with Crippen molar-refractivity contribution in [2.45, 2.75) is 25.9 Å². The molecule has 1 saturated carbocycles. The van der Waals surface area contributed by atoms with Crippen LogP contribution in [0.25, 0.3) is 11.0 Å². The van der Waals surface area contributed by atoms with Crippen LogP contribution >= 0.6 is 11.6 Å². The van der Waals surface area contributed by atoms with Gasteiger partial charge < -0.3 is 9.15 Å². The zero-order valence-electron chi connectivity index (χ0n) is 10.7. The van der Waals surface area contributed by atoms with Crippen LogP contribution in [0.3, 0.4) is 0 Å². The first-order valence-electron chi connectivity index (χ1n) is 6.54. The summed E-state index contributed by atoms with van der Waals surface area (Å²) in [6.07, 6.45) is 1.76. The molecule has 4 heteroatoms. The van der Waals surface area contributed by atoms with Gasteiger partial charge in [0.05, 0.1) is 0 Å². The highest BCUT2D eigenvalue weighted by atomic mass is 35.5. The van der Waals surface area contributed by atoms with Crippen LogP contribution in [-0.2, 0) is 4.74 Å². The molecule has 2 aromatic rings. The Morgan fingerprint density at radius 2 is 2.26 bits per heavy atom. The van der Waals surface area contributed by atoms with E-state index in [0.717, 1.165) is 18.2 Å². The van der Waals surface area contributed by atoms with Gasteiger partial charge in [-0.3, -0.25) is 4.79 Å². The quantitative estimate of drug-likeness (QED) is 0.774. The Morgan fingerprint density at radius 1 is 1.47 bits per heavy atom. The Hall–Kier alpha value is -1.32. The normalized spacial score (nSPS) is 16.7. The summed E-state index contributed by atoms with van der Waals surface area (Å²) in [6.45, 7) is 2.44. The van der Waals surface area contributed by atoms with Crippen molar-refractivity contribution < 1.29 is 13.9 Å². The molecule has 0 bridgehead atoms. The van der Waals surface area contributed by atoms with Gasteiger partial charge in [0, 0.05) is 17.0 Å². The van der Waals surface area contributed by atoms with E-state index >= 15 is 0 Å². The van der Waals surface area contributed by atoms with Crippen molar-refractivity contribution in [3.8, 4) is 0 Å². The molecule has 0 aliphatic heterocycles. The van der Waals surface area contributed by atoms with Crippen molar-refractivity contribution in [1.29, 1.82) is 0 Å². The Bertz CT molecular complexity index is 613. The van der Waals surface area contributed by atoms with E-state index in [0.29, 0.717) is 28.9 Å². The predicted molar refractivity (Wildman–Crippen MR) is 73.7 cm³/mol. The fraction of sp³-hybridized carbons (Fsp3) is 0.400. The predicted octanol–water partition coefficient (Wildman–Crippen LogP) is 4.08. The number of Topliss-reactive ketones (excluding diaryl/α,β-unsaturated/α-hetero) is 1. The molecule has 100 valence electrons. The first-order chi connectivity index (χ1) is 9.19. The summed E-state index contributed by atoms with van der Waals surface area (Å²) >= 11 is 5.93. The van der Waals surface area contributed by atoms with Gasteiger partial charge in [0.15, 0.2) is 5.76 Å². The molecule has 0 spiro atoms. The van der Waals surface area contributed by atoms with Gasteiger partial charge in [-0.05, 0) is 49.9 Å². The smallest absolute Gasteiger partial charge is 0.226 e. The molecule has 1 heterocycles. The number of ketones is 1. The van der Waals surface area contributed by atoms with Crippen molar-refractivity contribution >= 4 is 28.4 Å². The van der Waals surface area contributed by atoms with E-state index < -0.39 is 0 Å². The summed E-state index contributed by atoms with van der Waals surface area (Å²) in [6, 6.07) is 7.08. The molecule has 0 amide bonds. The standard InChI is InChI=1S/C15H15ClO3/c1-2-18-15(9-3-4-9)14(17)13-8-10-7-11(16)5-6-12(10)19-13/h5-9,15H,2-4H2,1H3. The molecule has 0 radical (unpaired) electrons. The highest BCUT2D eigenvalue weighted by Gasteiger charge is 2.38. The van der Waals surface area contributed by atoms with Crippen LogP contribution in [0, 0.1) is 5.92 Å². The number of ether oxygens (including phenoxy) is 1. The lowest BCUT2D eigenvalue weighted by molar-refractivity contribution is 0.0353. The van der Waals surface area contributed by atoms with E-state index in [9.17, 15) is 4.79 Å². The summed E-state index contributed by atoms with van der Waals surface area (Å²) < 4.78 is 11.2. The number of fused-ring (bicyclic) bond motifs is 1. The van der Waals surface area contributed by atoms with Crippen molar-refractivity contribution in [1.82, 2.24) is 0 Å². The van der Waals surface area contributed by atoms with Gasteiger partial charge in [0.1, 0.15) is 11.7 Å². The first kappa shape index (κ1) is 12.7. The number of hydrogen-bond donors (Lipinski definition) is 0. The molecular weight excluding hydrogens is 264 g/mol. The van der Waals surface area contributed by atoms with Crippen LogP contribution < -0.4 is 0 Å². The highest BCUT2D eigenvalue weighted by Crippen LogP contribution is 2.36. The zero-order chi connectivity index (χ0) is 13.4. The Kier molecular flexibility index (Phi) is 3.33. The third-order valence-corrected chi connectivity index (χ3v) is 3.61. The molecule has 1 atom stereocenters. The Labute approximate surface area is 116 Å². The van der Waals surface area contributed by atoms with Gasteiger partial charge >= 0.3 is 0 Å². The lowest BCUT2D eigenvalue weighted by Crippen LogP contribution is -2.26. The monoisotopic (exact) mass is 278 g/mol. The van der Waals surface area contributed by atoms with Crippen LogP contribution in [0.15, 0.2) is 28.7 Å². The minimum Gasteiger partial charge on any atom is -0.453 e. The third kappa shape index (κ3) is 2.53. The van der Waals surface area contributed by atoms with Crippen LogP contribution in [0.5, 0.6) is 0 Å². The molecule has 0 N–H and O–H groups in total. The second kappa shape index (κ2) is 4.99. The number of carbonyl (C=O) groups excluding carboxylic acids is 1. The number of furan rings is 1. The van der Waals surface area contributed by atoms with Crippen molar-refractivity contribution in [2.75, 3.05) is 6.61 Å². The van der Waals surface area contributed by atoms with Crippen LogP contribution in [0.1, 0.15) is 30.3 Å². The largest absolute Gasteiger partial charge is 0.453 e. The van der Waals surface area contributed by atoms with E-state index in [1.165, 1.54) is 0 Å². The van der Waals surface area contributed by atoms with Crippen LogP contribution in [-0.4, -0.2) is 18.5 Å². The van der Waals surface area contributed by atoms with Crippen molar-refractivity contribution in [3.63, 3.8) is 0 Å². The molecule has 3 rings (SSSR count). The molecule has 1 unspecified atom stereocenters. The molecule has 1 aromatic carbocycles. The lowest BCUT2D eigenvalue weighted by Gasteiger charge is -2.13. The number of rotatable bonds is 5. The zero-order valence-corrected chi connectivity index (χ0v) is 11.4. The fourth-order valence-corrected chi connectivity index (χ4v) is 2.46. The van der Waals surface area contributed by atoms with E-state index in [-0.39, 0.29) is 11.9 Å². The first-order valence-corrected chi connectivity index (χ1v) is 6.91. The molecule has 3 nitrogen and oxygen atoms in total. The molecule has 1 aliphatic rings. The molecule has 1 fully saturated rings. The SMILES string of the molecule is CCOC(C(=O)c1cc2cc(Cl)ccc2o1)C1CC1. The molecule has 0 saturated heterocycles. The maximum absolute atomic E-state index is 12.4. The van der Waals surface area contributed by atoms with E-state index in [4.69, 9.17) is 20.8 Å². The minimum atomic E-state index is -0.360. The summed E-state index contributed by atoms with van der Waals surface area (Å²) in [7, 11) is 0. The van der Waals surface area contributed by atoms with Crippen molar-refractivity contribution in [2.24, 2.45) is 5.92 Å². The van der Waals surface area contributed by atoms with Gasteiger partial charge in [-0.2, -0.15) is 0 Å². The minimum absolute atomic E-state index is 0.0586. The Morgan fingerprint density at radius 3 is 2.95 bits per heavy atom. The van der Waals surface area contributed by atoms with Gasteiger partial charge in [-0.1, -0.05) is 11.6 Å². The number of carbonyl (C=O) groups is 1. The summed E-state index contributed by atoms with van der Waals surface area (Å²) in [5.74, 6) is 0.656. The third-order valence-electron chi connectivity index (χ3n) is 3.38. The number of benzene rings is 1. The summed E-state index contributed by atoms with van der Waals surface area (Å²) in [4.78, 5) is 12.4. The van der Waals surface area contributed by atoms with Gasteiger partial charge in [-0.15, -0.1) is 0 Å². The van der Waals surface area contributed by atoms with Gasteiger partial charge in [0.25, 0.3) is 0 Å². The average molecular weight is 279 g/mol. The van der Waals surface area contributed by atoms with Crippen LogP contribution in [0.2, 0.25) is 5.02 Å². The Balaban J connectivity index is 1.91. The fourth-order valence-electron chi connectivity index (χ4n) is 2.28. The number of hydrogen-bond acceptors (Lipinski definition) is 3. The molecule has 19 heavy (non-hydrogen) atoms. The highest BCUT2D eigenvalue weighted by molar-refractivity contribution is 6.31. The van der Waals surface area contributed by atoms with E-state index in [1.807, 2.05) is 6.92 Å². The van der Waals surface area contributed by atoms with Crippen molar-refractivity contribution in [3.05, 3.63) is 35.0 Å². The summed E-state index contributed by atoms with van der Waals surface area (Å²) in [5.41, 5.74) is 0.679. The molecular formula is C15H15ClO3. The maximum atomic E-state index is 12.4. The van der Waals surface area contributed by atoms with E-state index in [2.05, 4.69) is 0 Å². The van der Waals surface area contributed by atoms with Gasteiger partial charge in [0.2, 0.25) is 5.78 Å². The summed E-state index contributed by atoms with van der Waals surface area (Å²) in [5, 5.41) is 1.48. The van der Waals surface area contributed by atoms with Gasteiger partial charge in [-0.25, -0.2) is 0 Å². The molecule has 1 aliphatic carbocycles. The van der Waals surface area contributed by atoms with Crippen LogP contribution in [0.4, 0.5) is 0 Å². The molecule has 1 aromatic heterocycles. The maximum Gasteiger partial charge on any atom is 0.226 e. The second-order valence-electron chi connectivity index (χ2n) is 4.87. The van der Waals surface area contributed by atoms with E-state index in [1.54, 1.807) is 24.3 Å². The topological polar surface area (TPSA) is 39.4 Å². The number of halogens is 1. The lowest BCUT2D eigenvalue weighted by atomic mass is 10.1. The average Bonchev–Trinajstić information content (AvgIpc) is 3.14.